The lowest BCUT2D eigenvalue weighted by atomic mass is 10.2. The van der Waals surface area contributed by atoms with Crippen LogP contribution in [0.1, 0.15) is 18.4 Å². The van der Waals surface area contributed by atoms with Crippen LogP contribution in [0.2, 0.25) is 0 Å². The van der Waals surface area contributed by atoms with Crippen LogP contribution >= 0.6 is 0 Å². The first kappa shape index (κ1) is 10.1. The van der Waals surface area contributed by atoms with Crippen molar-refractivity contribution in [2.45, 2.75) is 19.4 Å². The number of benzene rings is 1. The van der Waals surface area contributed by atoms with Crippen LogP contribution in [-0.2, 0) is 11.3 Å². The topological polar surface area (TPSA) is 55.1 Å². The number of carbonyl (C=O) groups excluding carboxylic acids is 1. The molecule has 1 fully saturated rings. The fraction of sp³-hybridized carbons (Fsp3) is 0.364. The van der Waals surface area contributed by atoms with Gasteiger partial charge in [-0.25, -0.2) is 4.39 Å². The molecule has 0 bridgehead atoms. The average molecular weight is 208 g/mol. The van der Waals surface area contributed by atoms with E-state index in [0.29, 0.717) is 11.3 Å². The van der Waals surface area contributed by atoms with Crippen LogP contribution in [0, 0.1) is 11.7 Å². The summed E-state index contributed by atoms with van der Waals surface area (Å²) in [7, 11) is 0. The van der Waals surface area contributed by atoms with E-state index in [0.717, 1.165) is 12.8 Å². The molecule has 1 aromatic carbocycles. The van der Waals surface area contributed by atoms with E-state index in [4.69, 9.17) is 5.73 Å². The van der Waals surface area contributed by atoms with Crippen LogP contribution in [-0.4, -0.2) is 5.91 Å². The second-order valence-electron chi connectivity index (χ2n) is 3.77. The molecule has 15 heavy (non-hydrogen) atoms. The smallest absolute Gasteiger partial charge is 0.227 e. The Morgan fingerprint density at radius 1 is 1.53 bits per heavy atom. The minimum Gasteiger partial charge on any atom is -0.326 e. The molecule has 0 spiro atoms. The van der Waals surface area contributed by atoms with Crippen LogP contribution in [0.3, 0.4) is 0 Å². The Kier molecular flexibility index (Phi) is 2.68. The van der Waals surface area contributed by atoms with Gasteiger partial charge in [-0.3, -0.25) is 4.79 Å². The van der Waals surface area contributed by atoms with E-state index in [9.17, 15) is 9.18 Å². The number of carbonyl (C=O) groups is 1. The van der Waals surface area contributed by atoms with Gasteiger partial charge in [0.25, 0.3) is 0 Å². The summed E-state index contributed by atoms with van der Waals surface area (Å²) in [5, 5.41) is 2.74. The molecule has 0 unspecified atom stereocenters. The molecule has 1 aliphatic carbocycles. The minimum atomic E-state index is -0.332. The average Bonchev–Trinajstić information content (AvgIpc) is 3.04. The Labute approximate surface area is 87.5 Å². The molecule has 2 rings (SSSR count). The highest BCUT2D eigenvalue weighted by Crippen LogP contribution is 2.30. The molecular formula is C11H13FN2O. The van der Waals surface area contributed by atoms with Gasteiger partial charge in [0.2, 0.25) is 5.91 Å². The Hall–Kier alpha value is -1.42. The number of anilines is 1. The fourth-order valence-electron chi connectivity index (χ4n) is 1.40. The highest BCUT2D eigenvalue weighted by Gasteiger charge is 2.29. The zero-order chi connectivity index (χ0) is 10.8. The number of halogens is 1. The number of nitrogens with two attached hydrogens (primary N) is 1. The summed E-state index contributed by atoms with van der Waals surface area (Å²) < 4.78 is 13.1. The Morgan fingerprint density at radius 2 is 2.27 bits per heavy atom. The zero-order valence-electron chi connectivity index (χ0n) is 8.29. The van der Waals surface area contributed by atoms with Crippen LogP contribution in [0.15, 0.2) is 18.2 Å². The molecule has 3 nitrogen and oxygen atoms in total. The summed E-state index contributed by atoms with van der Waals surface area (Å²) in [5.74, 6) is -0.164. The highest BCUT2D eigenvalue weighted by molar-refractivity contribution is 5.94. The van der Waals surface area contributed by atoms with Gasteiger partial charge >= 0.3 is 0 Å². The van der Waals surface area contributed by atoms with E-state index < -0.39 is 0 Å². The predicted octanol–water partition coefficient (Wildman–Crippen LogP) is 1.63. The third-order valence-corrected chi connectivity index (χ3v) is 2.48. The molecule has 1 saturated carbocycles. The van der Waals surface area contributed by atoms with Gasteiger partial charge in [-0.05, 0) is 31.0 Å². The van der Waals surface area contributed by atoms with Gasteiger partial charge in [0.05, 0.1) is 0 Å². The van der Waals surface area contributed by atoms with Crippen molar-refractivity contribution in [3.8, 4) is 0 Å². The summed E-state index contributed by atoms with van der Waals surface area (Å²) in [6.07, 6.45) is 1.91. The van der Waals surface area contributed by atoms with Crippen molar-refractivity contribution >= 4 is 11.6 Å². The number of hydrogen-bond donors (Lipinski definition) is 2. The van der Waals surface area contributed by atoms with Crippen molar-refractivity contribution in [3.05, 3.63) is 29.6 Å². The molecule has 80 valence electrons. The molecule has 4 heteroatoms. The summed E-state index contributed by atoms with van der Waals surface area (Å²) in [6.45, 7) is 0.138. The first-order valence-corrected chi connectivity index (χ1v) is 5.00. The number of rotatable bonds is 3. The van der Waals surface area contributed by atoms with Gasteiger partial charge in [0, 0.05) is 23.7 Å². The number of hydrogen-bond acceptors (Lipinski definition) is 2. The van der Waals surface area contributed by atoms with Crippen LogP contribution in [0.5, 0.6) is 0 Å². The van der Waals surface area contributed by atoms with Crippen molar-refractivity contribution in [1.82, 2.24) is 0 Å². The predicted molar refractivity (Wildman–Crippen MR) is 55.6 cm³/mol. The van der Waals surface area contributed by atoms with Gasteiger partial charge in [-0.2, -0.15) is 0 Å². The molecule has 0 saturated heterocycles. The van der Waals surface area contributed by atoms with Crippen LogP contribution in [0.25, 0.3) is 0 Å². The number of nitrogens with one attached hydrogen (secondary N) is 1. The molecule has 1 aromatic rings. The normalized spacial score (nSPS) is 15.1. The fourth-order valence-corrected chi connectivity index (χ4v) is 1.40. The number of amides is 1. The van der Waals surface area contributed by atoms with Crippen LogP contribution in [0.4, 0.5) is 10.1 Å². The van der Waals surface area contributed by atoms with E-state index in [1.165, 1.54) is 6.07 Å². The minimum absolute atomic E-state index is 0.0181. The Morgan fingerprint density at radius 3 is 2.87 bits per heavy atom. The maximum absolute atomic E-state index is 13.1. The third kappa shape index (κ3) is 2.33. The summed E-state index contributed by atoms with van der Waals surface area (Å²) in [4.78, 5) is 11.4. The van der Waals surface area contributed by atoms with Gasteiger partial charge in [-0.15, -0.1) is 0 Å². The van der Waals surface area contributed by atoms with Crippen molar-refractivity contribution < 1.29 is 9.18 Å². The summed E-state index contributed by atoms with van der Waals surface area (Å²) in [5.41, 5.74) is 6.41. The van der Waals surface area contributed by atoms with E-state index in [-0.39, 0.29) is 24.2 Å². The maximum Gasteiger partial charge on any atom is 0.227 e. The lowest BCUT2D eigenvalue weighted by molar-refractivity contribution is -0.117. The Balaban J connectivity index is 2.10. The molecule has 1 amide bonds. The molecular weight excluding hydrogens is 195 g/mol. The monoisotopic (exact) mass is 208 g/mol. The maximum atomic E-state index is 13.1. The third-order valence-electron chi connectivity index (χ3n) is 2.48. The van der Waals surface area contributed by atoms with E-state index in [1.54, 1.807) is 12.1 Å². The molecule has 1 aliphatic rings. The van der Waals surface area contributed by atoms with E-state index >= 15 is 0 Å². The van der Waals surface area contributed by atoms with E-state index in [1.807, 2.05) is 0 Å². The lowest BCUT2D eigenvalue weighted by Gasteiger charge is -2.06. The highest BCUT2D eigenvalue weighted by atomic mass is 19.1. The standard InChI is InChI=1S/C11H13FN2O/c12-10-4-3-9(5-8(10)6-13)14-11(15)7-1-2-7/h3-5,7H,1-2,6,13H2,(H,14,15). The van der Waals surface area contributed by atoms with Crippen molar-refractivity contribution in [3.63, 3.8) is 0 Å². The van der Waals surface area contributed by atoms with Gasteiger partial charge in [-0.1, -0.05) is 0 Å². The SMILES string of the molecule is NCc1cc(NC(=O)C2CC2)ccc1F. The van der Waals surface area contributed by atoms with Crippen molar-refractivity contribution in [2.75, 3.05) is 5.32 Å². The quantitative estimate of drug-likeness (QED) is 0.793. The van der Waals surface area contributed by atoms with Gasteiger partial charge in [0.15, 0.2) is 0 Å². The zero-order valence-corrected chi connectivity index (χ0v) is 8.29. The van der Waals surface area contributed by atoms with Gasteiger partial charge in [0.1, 0.15) is 5.82 Å². The summed E-state index contributed by atoms with van der Waals surface area (Å²) in [6, 6.07) is 4.45. The Bertz CT molecular complexity index is 388. The molecule has 0 aromatic heterocycles. The first-order valence-electron chi connectivity index (χ1n) is 5.00. The van der Waals surface area contributed by atoms with E-state index in [2.05, 4.69) is 5.32 Å². The van der Waals surface area contributed by atoms with Crippen molar-refractivity contribution in [1.29, 1.82) is 0 Å². The second kappa shape index (κ2) is 3.98. The molecule has 0 atom stereocenters. The lowest BCUT2D eigenvalue weighted by Crippen LogP contribution is -2.13. The molecule has 0 radical (unpaired) electrons. The first-order chi connectivity index (χ1) is 7.20. The molecule has 0 heterocycles. The molecule has 0 aliphatic heterocycles. The largest absolute Gasteiger partial charge is 0.326 e. The second-order valence-corrected chi connectivity index (χ2v) is 3.77. The van der Waals surface area contributed by atoms with Gasteiger partial charge < -0.3 is 11.1 Å². The summed E-state index contributed by atoms with van der Waals surface area (Å²) >= 11 is 0. The van der Waals surface area contributed by atoms with Crippen molar-refractivity contribution in [2.24, 2.45) is 11.7 Å². The molecule has 3 N–H and O–H groups in total. The van der Waals surface area contributed by atoms with Crippen LogP contribution < -0.4 is 11.1 Å².